The number of likely N-dealkylation sites (tertiary alicyclic amines) is 1. The molecule has 1 unspecified atom stereocenters. The van der Waals surface area contributed by atoms with Crippen LogP contribution < -0.4 is 5.73 Å². The second-order valence-corrected chi connectivity index (χ2v) is 3.84. The van der Waals surface area contributed by atoms with Crippen molar-refractivity contribution >= 4 is 0 Å². The van der Waals surface area contributed by atoms with Crippen LogP contribution in [0.3, 0.4) is 0 Å². The van der Waals surface area contributed by atoms with Gasteiger partial charge in [0.2, 0.25) is 0 Å². The van der Waals surface area contributed by atoms with Gasteiger partial charge < -0.3 is 10.6 Å². The highest BCUT2D eigenvalue weighted by molar-refractivity contribution is 4.78. The molecule has 2 heteroatoms. The van der Waals surface area contributed by atoms with E-state index in [1.54, 1.807) is 0 Å². The summed E-state index contributed by atoms with van der Waals surface area (Å²) in [6.07, 6.45) is 3.75. The summed E-state index contributed by atoms with van der Waals surface area (Å²) in [6.45, 7) is 8.15. The van der Waals surface area contributed by atoms with Crippen LogP contribution in [0.4, 0.5) is 0 Å². The maximum Gasteiger partial charge on any atom is 0.00654 e. The van der Waals surface area contributed by atoms with E-state index in [0.717, 1.165) is 12.3 Å². The third-order valence-electron chi connectivity index (χ3n) is 3.16. The van der Waals surface area contributed by atoms with Crippen LogP contribution in [0, 0.1) is 5.92 Å². The lowest BCUT2D eigenvalue weighted by molar-refractivity contribution is 0.174. The fourth-order valence-corrected chi connectivity index (χ4v) is 2.03. The van der Waals surface area contributed by atoms with E-state index < -0.39 is 0 Å². The zero-order valence-corrected chi connectivity index (χ0v) is 8.42. The Morgan fingerprint density at radius 2 is 1.92 bits per heavy atom. The van der Waals surface area contributed by atoms with Gasteiger partial charge in [-0.15, -0.1) is 0 Å². The number of hydrogen-bond donors (Lipinski definition) is 1. The van der Waals surface area contributed by atoms with E-state index in [1.165, 1.54) is 32.5 Å². The van der Waals surface area contributed by atoms with Crippen molar-refractivity contribution in [1.29, 1.82) is 0 Å². The van der Waals surface area contributed by atoms with Gasteiger partial charge in [0.25, 0.3) is 0 Å². The number of rotatable bonds is 3. The van der Waals surface area contributed by atoms with Crippen molar-refractivity contribution in [3.05, 3.63) is 0 Å². The molecule has 1 fully saturated rings. The average Bonchev–Trinajstić information content (AvgIpc) is 2.17. The second kappa shape index (κ2) is 4.83. The zero-order chi connectivity index (χ0) is 8.97. The zero-order valence-electron chi connectivity index (χ0n) is 8.42. The molecule has 0 aromatic heterocycles. The van der Waals surface area contributed by atoms with Crippen LogP contribution in [-0.4, -0.2) is 30.6 Å². The Morgan fingerprint density at radius 3 is 2.33 bits per heavy atom. The number of nitrogens with two attached hydrogens (primary N) is 1. The molecule has 0 saturated carbocycles. The summed E-state index contributed by atoms with van der Waals surface area (Å²) < 4.78 is 0. The molecule has 0 aromatic rings. The van der Waals surface area contributed by atoms with Gasteiger partial charge in [0, 0.05) is 6.04 Å². The maximum atomic E-state index is 6.02. The molecule has 2 nitrogen and oxygen atoms in total. The molecule has 0 amide bonds. The number of piperidine rings is 1. The van der Waals surface area contributed by atoms with Crippen LogP contribution in [0.25, 0.3) is 0 Å². The Bertz CT molecular complexity index is 117. The molecule has 72 valence electrons. The molecular formula is C10H22N2. The summed E-state index contributed by atoms with van der Waals surface area (Å²) in [7, 11) is 0. The van der Waals surface area contributed by atoms with Gasteiger partial charge >= 0.3 is 0 Å². The van der Waals surface area contributed by atoms with Gasteiger partial charge in [-0.25, -0.2) is 0 Å². The van der Waals surface area contributed by atoms with Crippen LogP contribution in [-0.2, 0) is 0 Å². The van der Waals surface area contributed by atoms with Gasteiger partial charge in [0.05, 0.1) is 0 Å². The molecule has 12 heavy (non-hydrogen) atoms. The third-order valence-corrected chi connectivity index (χ3v) is 3.16. The predicted octanol–water partition coefficient (Wildman–Crippen LogP) is 1.46. The fourth-order valence-electron chi connectivity index (χ4n) is 2.03. The van der Waals surface area contributed by atoms with Gasteiger partial charge in [-0.1, -0.05) is 13.8 Å². The second-order valence-electron chi connectivity index (χ2n) is 3.84. The standard InChI is InChI=1S/C10H22N2/c1-3-10(11)9-5-7-12(4-2)8-6-9/h9-10H,3-8,11H2,1-2H3. The van der Waals surface area contributed by atoms with E-state index in [4.69, 9.17) is 5.73 Å². The van der Waals surface area contributed by atoms with Crippen LogP contribution in [0.5, 0.6) is 0 Å². The maximum absolute atomic E-state index is 6.02. The summed E-state index contributed by atoms with van der Waals surface area (Å²) in [5, 5.41) is 0. The molecule has 0 aromatic carbocycles. The molecule has 1 aliphatic heterocycles. The monoisotopic (exact) mass is 170 g/mol. The minimum absolute atomic E-state index is 0.448. The highest BCUT2D eigenvalue weighted by atomic mass is 15.1. The molecule has 1 rings (SSSR count). The first-order chi connectivity index (χ1) is 5.77. The molecule has 1 aliphatic rings. The molecular weight excluding hydrogens is 148 g/mol. The van der Waals surface area contributed by atoms with Crippen molar-refractivity contribution in [3.63, 3.8) is 0 Å². The highest BCUT2D eigenvalue weighted by Crippen LogP contribution is 2.20. The highest BCUT2D eigenvalue weighted by Gasteiger charge is 2.21. The lowest BCUT2D eigenvalue weighted by Crippen LogP contribution is -2.40. The largest absolute Gasteiger partial charge is 0.327 e. The Morgan fingerprint density at radius 1 is 1.33 bits per heavy atom. The van der Waals surface area contributed by atoms with E-state index in [-0.39, 0.29) is 0 Å². The van der Waals surface area contributed by atoms with Gasteiger partial charge in [-0.3, -0.25) is 0 Å². The molecule has 0 aliphatic carbocycles. The third kappa shape index (κ3) is 2.46. The first-order valence-corrected chi connectivity index (χ1v) is 5.25. The molecule has 1 heterocycles. The average molecular weight is 170 g/mol. The van der Waals surface area contributed by atoms with Crippen LogP contribution in [0.15, 0.2) is 0 Å². The Kier molecular flexibility index (Phi) is 4.02. The smallest absolute Gasteiger partial charge is 0.00654 e. The Labute approximate surface area is 76.1 Å². The molecule has 0 bridgehead atoms. The lowest BCUT2D eigenvalue weighted by atomic mass is 9.89. The SMILES string of the molecule is CCC(N)C1CCN(CC)CC1. The van der Waals surface area contributed by atoms with E-state index >= 15 is 0 Å². The van der Waals surface area contributed by atoms with Crippen molar-refractivity contribution < 1.29 is 0 Å². The quantitative estimate of drug-likeness (QED) is 0.694. The number of hydrogen-bond acceptors (Lipinski definition) is 2. The van der Waals surface area contributed by atoms with E-state index in [9.17, 15) is 0 Å². The Hall–Kier alpha value is -0.0800. The Balaban J connectivity index is 2.25. The molecule has 0 spiro atoms. The van der Waals surface area contributed by atoms with Crippen LogP contribution in [0.1, 0.15) is 33.1 Å². The molecule has 1 atom stereocenters. The minimum atomic E-state index is 0.448. The van der Waals surface area contributed by atoms with Crippen LogP contribution >= 0.6 is 0 Å². The first-order valence-electron chi connectivity index (χ1n) is 5.25. The summed E-state index contributed by atoms with van der Waals surface area (Å²) in [4.78, 5) is 2.51. The van der Waals surface area contributed by atoms with Crippen molar-refractivity contribution in [2.24, 2.45) is 11.7 Å². The summed E-state index contributed by atoms with van der Waals surface area (Å²) in [5.74, 6) is 0.790. The van der Waals surface area contributed by atoms with E-state index in [2.05, 4.69) is 18.7 Å². The topological polar surface area (TPSA) is 29.3 Å². The van der Waals surface area contributed by atoms with Gasteiger partial charge in [0.15, 0.2) is 0 Å². The van der Waals surface area contributed by atoms with Crippen molar-refractivity contribution in [2.45, 2.75) is 39.2 Å². The van der Waals surface area contributed by atoms with Gasteiger partial charge in [-0.05, 0) is 44.8 Å². The van der Waals surface area contributed by atoms with Crippen LogP contribution in [0.2, 0.25) is 0 Å². The van der Waals surface area contributed by atoms with Crippen molar-refractivity contribution in [3.8, 4) is 0 Å². The lowest BCUT2D eigenvalue weighted by Gasteiger charge is -2.33. The predicted molar refractivity (Wildman–Crippen MR) is 53.1 cm³/mol. The molecule has 2 N–H and O–H groups in total. The minimum Gasteiger partial charge on any atom is -0.327 e. The van der Waals surface area contributed by atoms with Crippen molar-refractivity contribution in [1.82, 2.24) is 4.90 Å². The summed E-state index contributed by atoms with van der Waals surface area (Å²) in [5.41, 5.74) is 6.02. The first kappa shape index (κ1) is 10.0. The fraction of sp³-hybridized carbons (Fsp3) is 1.00. The normalized spacial score (nSPS) is 24.2. The van der Waals surface area contributed by atoms with Gasteiger partial charge in [0.1, 0.15) is 0 Å². The van der Waals surface area contributed by atoms with Crippen molar-refractivity contribution in [2.75, 3.05) is 19.6 Å². The molecule has 1 saturated heterocycles. The summed E-state index contributed by atoms with van der Waals surface area (Å²) >= 11 is 0. The van der Waals surface area contributed by atoms with Gasteiger partial charge in [-0.2, -0.15) is 0 Å². The van der Waals surface area contributed by atoms with E-state index in [0.29, 0.717) is 6.04 Å². The van der Waals surface area contributed by atoms with E-state index in [1.807, 2.05) is 0 Å². The molecule has 0 radical (unpaired) electrons. The summed E-state index contributed by atoms with van der Waals surface area (Å²) in [6, 6.07) is 0.448. The number of nitrogens with zero attached hydrogens (tertiary/aromatic N) is 1.